The number of hydrogen-bond donors (Lipinski definition) is 1. The molecule has 1 fully saturated rings. The Labute approximate surface area is 86.2 Å². The molecule has 1 rings (SSSR count). The molecule has 1 aliphatic heterocycles. The summed E-state index contributed by atoms with van der Waals surface area (Å²) in [6.07, 6.45) is 3.12. The van der Waals surface area contributed by atoms with E-state index in [0.717, 1.165) is 32.4 Å². The molecule has 1 atom stereocenters. The molecule has 0 bridgehead atoms. The molecule has 1 N–H and O–H groups in total. The van der Waals surface area contributed by atoms with Crippen LogP contribution in [0.5, 0.6) is 0 Å². The van der Waals surface area contributed by atoms with Gasteiger partial charge >= 0.3 is 5.97 Å². The smallest absolute Gasteiger partial charge is 0.309 e. The Morgan fingerprint density at radius 1 is 1.43 bits per heavy atom. The van der Waals surface area contributed by atoms with Gasteiger partial charge in [0.15, 0.2) is 0 Å². The molecule has 0 spiro atoms. The van der Waals surface area contributed by atoms with Gasteiger partial charge in [0.05, 0.1) is 12.5 Å². The fraction of sp³-hybridized carbons (Fsp3) is 0.909. The molecule has 3 heteroatoms. The minimum atomic E-state index is 0.00176. The summed E-state index contributed by atoms with van der Waals surface area (Å²) in [6.45, 7) is 6.53. The normalized spacial score (nSPS) is 20.4. The summed E-state index contributed by atoms with van der Waals surface area (Å²) < 4.78 is 5.09. The predicted octanol–water partition coefficient (Wildman–Crippen LogP) is 1.58. The molecular formula is C11H21NO2. The van der Waals surface area contributed by atoms with Crippen molar-refractivity contribution in [3.05, 3.63) is 0 Å². The third-order valence-electron chi connectivity index (χ3n) is 2.98. The van der Waals surface area contributed by atoms with E-state index in [1.165, 1.54) is 0 Å². The monoisotopic (exact) mass is 199 g/mol. The molecule has 82 valence electrons. The quantitative estimate of drug-likeness (QED) is 0.698. The van der Waals surface area contributed by atoms with Crippen LogP contribution in [0.2, 0.25) is 0 Å². The molecule has 0 amide bonds. The Hall–Kier alpha value is -0.570. The lowest BCUT2D eigenvalue weighted by atomic mass is 9.83. The molecule has 0 aromatic heterocycles. The Morgan fingerprint density at radius 3 is 2.57 bits per heavy atom. The van der Waals surface area contributed by atoms with Gasteiger partial charge < -0.3 is 10.1 Å². The van der Waals surface area contributed by atoms with Gasteiger partial charge in [-0.25, -0.2) is 0 Å². The van der Waals surface area contributed by atoms with Gasteiger partial charge in [-0.15, -0.1) is 0 Å². The number of piperidine rings is 1. The molecule has 3 nitrogen and oxygen atoms in total. The minimum absolute atomic E-state index is 0.00176. The predicted molar refractivity (Wildman–Crippen MR) is 56.0 cm³/mol. The molecule has 0 aliphatic carbocycles. The average molecular weight is 199 g/mol. The van der Waals surface area contributed by atoms with Crippen LogP contribution >= 0.6 is 0 Å². The van der Waals surface area contributed by atoms with Crippen LogP contribution in [0.15, 0.2) is 0 Å². The van der Waals surface area contributed by atoms with Crippen LogP contribution in [-0.2, 0) is 9.53 Å². The summed E-state index contributed by atoms with van der Waals surface area (Å²) in [6, 6.07) is 0. The summed E-state index contributed by atoms with van der Waals surface area (Å²) in [7, 11) is 0. The first-order valence-corrected chi connectivity index (χ1v) is 5.66. The lowest BCUT2D eigenvalue weighted by Gasteiger charge is -2.28. The van der Waals surface area contributed by atoms with Crippen molar-refractivity contribution in [2.45, 2.75) is 33.1 Å². The first-order valence-electron chi connectivity index (χ1n) is 5.66. The molecule has 1 saturated heterocycles. The van der Waals surface area contributed by atoms with Crippen molar-refractivity contribution in [1.29, 1.82) is 0 Å². The van der Waals surface area contributed by atoms with Crippen molar-refractivity contribution < 1.29 is 9.53 Å². The molecular weight excluding hydrogens is 178 g/mol. The lowest BCUT2D eigenvalue weighted by Crippen LogP contribution is -2.35. The van der Waals surface area contributed by atoms with Crippen LogP contribution in [0.1, 0.15) is 33.1 Å². The molecule has 0 radical (unpaired) electrons. The summed E-state index contributed by atoms with van der Waals surface area (Å²) in [4.78, 5) is 11.6. The zero-order chi connectivity index (χ0) is 10.4. The van der Waals surface area contributed by atoms with Crippen molar-refractivity contribution in [2.24, 2.45) is 11.8 Å². The second-order valence-corrected chi connectivity index (χ2v) is 3.85. The van der Waals surface area contributed by atoms with Gasteiger partial charge in [-0.05, 0) is 45.2 Å². The van der Waals surface area contributed by atoms with E-state index >= 15 is 0 Å². The highest BCUT2D eigenvalue weighted by Crippen LogP contribution is 2.25. The van der Waals surface area contributed by atoms with Gasteiger partial charge in [0.2, 0.25) is 0 Å². The Bertz CT molecular complexity index is 176. The highest BCUT2D eigenvalue weighted by molar-refractivity contribution is 5.72. The average Bonchev–Trinajstić information content (AvgIpc) is 2.21. The fourth-order valence-corrected chi connectivity index (χ4v) is 2.19. The number of ether oxygens (including phenoxy) is 1. The number of rotatable bonds is 4. The maximum atomic E-state index is 11.6. The van der Waals surface area contributed by atoms with Crippen LogP contribution in [0, 0.1) is 11.8 Å². The van der Waals surface area contributed by atoms with Crippen LogP contribution in [0.4, 0.5) is 0 Å². The summed E-state index contributed by atoms with van der Waals surface area (Å²) >= 11 is 0. The molecule has 14 heavy (non-hydrogen) atoms. The zero-order valence-corrected chi connectivity index (χ0v) is 9.21. The lowest BCUT2D eigenvalue weighted by molar-refractivity contribution is -0.150. The van der Waals surface area contributed by atoms with Crippen LogP contribution < -0.4 is 5.32 Å². The van der Waals surface area contributed by atoms with Gasteiger partial charge in [0, 0.05) is 0 Å². The highest BCUT2D eigenvalue weighted by Gasteiger charge is 2.28. The third kappa shape index (κ3) is 2.98. The standard InChI is InChI=1S/C11H21NO2/c1-3-10(11(13)14-4-2)9-5-7-12-8-6-9/h9-10,12H,3-8H2,1-2H3. The van der Waals surface area contributed by atoms with Crippen molar-refractivity contribution in [2.75, 3.05) is 19.7 Å². The van der Waals surface area contributed by atoms with E-state index in [-0.39, 0.29) is 11.9 Å². The van der Waals surface area contributed by atoms with Gasteiger partial charge in [0.25, 0.3) is 0 Å². The second kappa shape index (κ2) is 6.02. The van der Waals surface area contributed by atoms with Crippen LogP contribution in [0.3, 0.4) is 0 Å². The van der Waals surface area contributed by atoms with E-state index in [0.29, 0.717) is 12.5 Å². The Balaban J connectivity index is 2.46. The first kappa shape index (κ1) is 11.5. The summed E-state index contributed by atoms with van der Waals surface area (Å²) in [5, 5.41) is 3.31. The Morgan fingerprint density at radius 2 is 2.07 bits per heavy atom. The molecule has 1 heterocycles. The number of hydrogen-bond acceptors (Lipinski definition) is 3. The van der Waals surface area contributed by atoms with Crippen molar-refractivity contribution >= 4 is 5.97 Å². The van der Waals surface area contributed by atoms with E-state index in [4.69, 9.17) is 4.74 Å². The minimum Gasteiger partial charge on any atom is -0.466 e. The largest absolute Gasteiger partial charge is 0.466 e. The Kier molecular flexibility index (Phi) is 4.94. The summed E-state index contributed by atoms with van der Waals surface area (Å²) in [5.41, 5.74) is 0. The highest BCUT2D eigenvalue weighted by atomic mass is 16.5. The topological polar surface area (TPSA) is 38.3 Å². The van der Waals surface area contributed by atoms with E-state index in [1.54, 1.807) is 0 Å². The first-order chi connectivity index (χ1) is 6.79. The number of carbonyl (C=O) groups excluding carboxylic acids is 1. The third-order valence-corrected chi connectivity index (χ3v) is 2.98. The SMILES string of the molecule is CCOC(=O)C(CC)C1CCNCC1. The molecule has 0 aromatic rings. The fourth-order valence-electron chi connectivity index (χ4n) is 2.19. The maximum Gasteiger partial charge on any atom is 0.309 e. The maximum absolute atomic E-state index is 11.6. The van der Waals surface area contributed by atoms with Crippen molar-refractivity contribution in [3.63, 3.8) is 0 Å². The second-order valence-electron chi connectivity index (χ2n) is 3.85. The number of nitrogens with one attached hydrogen (secondary N) is 1. The van der Waals surface area contributed by atoms with Crippen LogP contribution in [-0.4, -0.2) is 25.7 Å². The van der Waals surface area contributed by atoms with Crippen molar-refractivity contribution in [3.8, 4) is 0 Å². The molecule has 1 aliphatic rings. The van der Waals surface area contributed by atoms with Gasteiger partial charge in [-0.1, -0.05) is 6.92 Å². The van der Waals surface area contributed by atoms with E-state index in [1.807, 2.05) is 6.92 Å². The van der Waals surface area contributed by atoms with E-state index in [9.17, 15) is 4.79 Å². The van der Waals surface area contributed by atoms with Crippen LogP contribution in [0.25, 0.3) is 0 Å². The van der Waals surface area contributed by atoms with Gasteiger partial charge in [0.1, 0.15) is 0 Å². The van der Waals surface area contributed by atoms with Crippen molar-refractivity contribution in [1.82, 2.24) is 5.32 Å². The van der Waals surface area contributed by atoms with Gasteiger partial charge in [-0.3, -0.25) is 4.79 Å². The van der Waals surface area contributed by atoms with E-state index < -0.39 is 0 Å². The van der Waals surface area contributed by atoms with E-state index in [2.05, 4.69) is 12.2 Å². The molecule has 0 saturated carbocycles. The van der Waals surface area contributed by atoms with Gasteiger partial charge in [-0.2, -0.15) is 0 Å². The molecule has 1 unspecified atom stereocenters. The zero-order valence-electron chi connectivity index (χ0n) is 9.21. The number of esters is 1. The number of carbonyl (C=O) groups is 1. The summed E-state index contributed by atoms with van der Waals surface area (Å²) in [5.74, 6) is 0.652. The molecule has 0 aromatic carbocycles.